The molecule has 0 bridgehead atoms. The van der Waals surface area contributed by atoms with Crippen LogP contribution in [0, 0.1) is 5.92 Å². The molecule has 0 radical (unpaired) electrons. The fourth-order valence-corrected chi connectivity index (χ4v) is 2.40. The Morgan fingerprint density at radius 3 is 2.50 bits per heavy atom. The minimum absolute atomic E-state index is 0.0338. The van der Waals surface area contributed by atoms with E-state index >= 15 is 0 Å². The Morgan fingerprint density at radius 2 is 1.95 bits per heavy atom. The smallest absolute Gasteiger partial charge is 0.328 e. The van der Waals surface area contributed by atoms with Gasteiger partial charge < -0.3 is 9.84 Å². The van der Waals surface area contributed by atoms with Gasteiger partial charge in [0.2, 0.25) is 0 Å². The third kappa shape index (κ3) is 7.41. The van der Waals surface area contributed by atoms with Crippen LogP contribution >= 0.6 is 0 Å². The Bertz CT molecular complexity index is 460. The molecule has 22 heavy (non-hydrogen) atoms. The predicted molar refractivity (Wildman–Crippen MR) is 90.0 cm³/mol. The molecule has 122 valence electrons. The van der Waals surface area contributed by atoms with Crippen LogP contribution in [0.5, 0.6) is 0 Å². The Morgan fingerprint density at radius 1 is 1.27 bits per heavy atom. The molecule has 1 rings (SSSR count). The molecule has 1 unspecified atom stereocenters. The summed E-state index contributed by atoms with van der Waals surface area (Å²) in [6.45, 7) is 6.92. The summed E-state index contributed by atoms with van der Waals surface area (Å²) >= 11 is 0. The number of carboxylic acid groups (broad SMARTS) is 1. The Balaban J connectivity index is 2.67. The molecule has 0 fully saturated rings. The summed E-state index contributed by atoms with van der Waals surface area (Å²) < 4.78 is 5.85. The number of hydrogen-bond acceptors (Lipinski definition) is 2. The van der Waals surface area contributed by atoms with E-state index in [1.54, 1.807) is 6.08 Å². The first kappa shape index (κ1) is 18.4. The molecule has 0 aliphatic rings. The van der Waals surface area contributed by atoms with E-state index in [4.69, 9.17) is 9.84 Å². The number of benzene rings is 1. The second-order valence-corrected chi connectivity index (χ2v) is 6.04. The Hall–Kier alpha value is -1.61. The lowest BCUT2D eigenvalue weighted by Gasteiger charge is -2.18. The normalized spacial score (nSPS) is 12.9. The van der Waals surface area contributed by atoms with Crippen LogP contribution in [0.3, 0.4) is 0 Å². The largest absolute Gasteiger partial charge is 0.478 e. The van der Waals surface area contributed by atoms with Crippen LogP contribution in [0.4, 0.5) is 0 Å². The second kappa shape index (κ2) is 10.2. The van der Waals surface area contributed by atoms with E-state index in [-0.39, 0.29) is 6.10 Å². The van der Waals surface area contributed by atoms with Crippen LogP contribution in [0.1, 0.15) is 57.3 Å². The van der Waals surface area contributed by atoms with Crippen molar-refractivity contribution in [2.75, 3.05) is 6.61 Å². The van der Waals surface area contributed by atoms with Crippen molar-refractivity contribution in [1.29, 1.82) is 0 Å². The number of unbranched alkanes of at least 4 members (excludes halogenated alkanes) is 1. The average Bonchev–Trinajstić information content (AvgIpc) is 2.47. The molecule has 0 spiro atoms. The highest BCUT2D eigenvalue weighted by molar-refractivity contribution is 5.79. The predicted octanol–water partition coefficient (Wildman–Crippen LogP) is 4.77. The van der Waals surface area contributed by atoms with E-state index < -0.39 is 5.97 Å². The molecule has 0 aliphatic carbocycles. The molecule has 1 aromatic rings. The number of hydrogen-bond donors (Lipinski definition) is 1. The first-order valence-corrected chi connectivity index (χ1v) is 8.12. The van der Waals surface area contributed by atoms with Crippen molar-refractivity contribution in [2.24, 2.45) is 5.92 Å². The molecule has 1 N–H and O–H groups in total. The molecule has 1 atom stereocenters. The fraction of sp³-hybridized carbons (Fsp3) is 0.526. The van der Waals surface area contributed by atoms with Gasteiger partial charge in [-0.3, -0.25) is 0 Å². The van der Waals surface area contributed by atoms with Crippen molar-refractivity contribution in [3.8, 4) is 0 Å². The minimum atomic E-state index is -0.938. The highest BCUT2D eigenvalue weighted by Gasteiger charge is 2.11. The van der Waals surface area contributed by atoms with Crippen LogP contribution in [-0.2, 0) is 16.0 Å². The van der Waals surface area contributed by atoms with Gasteiger partial charge in [-0.25, -0.2) is 4.79 Å². The summed E-state index contributed by atoms with van der Waals surface area (Å²) in [7, 11) is 0. The molecular formula is C19H28O3. The minimum Gasteiger partial charge on any atom is -0.478 e. The molecule has 0 heterocycles. The molecule has 0 saturated heterocycles. The van der Waals surface area contributed by atoms with E-state index in [9.17, 15) is 4.79 Å². The van der Waals surface area contributed by atoms with Crippen molar-refractivity contribution in [2.45, 2.75) is 52.6 Å². The zero-order valence-electron chi connectivity index (χ0n) is 13.9. The molecule has 0 aliphatic heterocycles. The SMILES string of the molecule is CCCCC(OC/C=C/C(=O)O)c1ccc(CC(C)C)cc1. The molecule has 0 saturated carbocycles. The Labute approximate surface area is 134 Å². The standard InChI is InChI=1S/C19H28O3/c1-4-5-7-18(22-13-6-8-19(20)21)17-11-9-16(10-12-17)14-15(2)3/h6,8-12,15,18H,4-5,7,13-14H2,1-3H3,(H,20,21)/b8-6+. The lowest BCUT2D eigenvalue weighted by atomic mass is 9.98. The molecular weight excluding hydrogens is 276 g/mol. The van der Waals surface area contributed by atoms with Gasteiger partial charge in [0.15, 0.2) is 0 Å². The van der Waals surface area contributed by atoms with E-state index in [1.165, 1.54) is 11.1 Å². The van der Waals surface area contributed by atoms with E-state index in [1.807, 2.05) is 0 Å². The molecule has 0 amide bonds. The van der Waals surface area contributed by atoms with E-state index in [0.717, 1.165) is 31.8 Å². The van der Waals surface area contributed by atoms with Crippen LogP contribution in [0.15, 0.2) is 36.4 Å². The van der Waals surface area contributed by atoms with Crippen LogP contribution in [0.2, 0.25) is 0 Å². The van der Waals surface area contributed by atoms with Crippen molar-refractivity contribution in [1.82, 2.24) is 0 Å². The summed E-state index contributed by atoms with van der Waals surface area (Å²) in [5, 5.41) is 8.60. The summed E-state index contributed by atoms with van der Waals surface area (Å²) in [5.74, 6) is -0.286. The van der Waals surface area contributed by atoms with Crippen molar-refractivity contribution < 1.29 is 14.6 Å². The maximum Gasteiger partial charge on any atom is 0.328 e. The summed E-state index contributed by atoms with van der Waals surface area (Å²) in [4.78, 5) is 10.5. The lowest BCUT2D eigenvalue weighted by molar-refractivity contribution is -0.131. The van der Waals surface area contributed by atoms with Gasteiger partial charge in [0.25, 0.3) is 0 Å². The second-order valence-electron chi connectivity index (χ2n) is 6.04. The van der Waals surface area contributed by atoms with Crippen molar-refractivity contribution in [3.63, 3.8) is 0 Å². The highest BCUT2D eigenvalue weighted by atomic mass is 16.5. The van der Waals surface area contributed by atoms with Gasteiger partial charge >= 0.3 is 5.97 Å². The lowest BCUT2D eigenvalue weighted by Crippen LogP contribution is -2.06. The summed E-state index contributed by atoms with van der Waals surface area (Å²) in [6.07, 6.45) is 6.98. The van der Waals surface area contributed by atoms with Gasteiger partial charge in [0.05, 0.1) is 12.7 Å². The summed E-state index contributed by atoms with van der Waals surface area (Å²) in [5.41, 5.74) is 2.52. The number of carbonyl (C=O) groups is 1. The van der Waals surface area contributed by atoms with Crippen LogP contribution < -0.4 is 0 Å². The average molecular weight is 304 g/mol. The molecule has 3 heteroatoms. The molecule has 3 nitrogen and oxygen atoms in total. The number of rotatable bonds is 10. The van der Waals surface area contributed by atoms with Gasteiger partial charge in [-0.15, -0.1) is 0 Å². The zero-order valence-corrected chi connectivity index (χ0v) is 13.9. The van der Waals surface area contributed by atoms with Gasteiger partial charge in [0, 0.05) is 6.08 Å². The van der Waals surface area contributed by atoms with E-state index in [0.29, 0.717) is 12.5 Å². The monoisotopic (exact) mass is 304 g/mol. The fourth-order valence-electron chi connectivity index (χ4n) is 2.40. The quantitative estimate of drug-likeness (QED) is 0.633. The van der Waals surface area contributed by atoms with Crippen LogP contribution in [0.25, 0.3) is 0 Å². The number of carboxylic acids is 1. The van der Waals surface area contributed by atoms with E-state index in [2.05, 4.69) is 45.0 Å². The van der Waals surface area contributed by atoms with Gasteiger partial charge in [-0.1, -0.05) is 64.0 Å². The zero-order chi connectivity index (χ0) is 16.4. The first-order chi connectivity index (χ1) is 10.5. The first-order valence-electron chi connectivity index (χ1n) is 8.12. The topological polar surface area (TPSA) is 46.5 Å². The van der Waals surface area contributed by atoms with Gasteiger partial charge in [-0.05, 0) is 29.9 Å². The third-order valence-corrected chi connectivity index (χ3v) is 3.47. The van der Waals surface area contributed by atoms with Crippen molar-refractivity contribution >= 4 is 5.97 Å². The van der Waals surface area contributed by atoms with Crippen molar-refractivity contribution in [3.05, 3.63) is 47.5 Å². The highest BCUT2D eigenvalue weighted by Crippen LogP contribution is 2.24. The number of ether oxygens (including phenoxy) is 1. The van der Waals surface area contributed by atoms with Gasteiger partial charge in [-0.2, -0.15) is 0 Å². The Kier molecular flexibility index (Phi) is 8.53. The van der Waals surface area contributed by atoms with Gasteiger partial charge in [0.1, 0.15) is 0 Å². The maximum atomic E-state index is 10.5. The number of aliphatic carboxylic acids is 1. The molecule has 1 aromatic carbocycles. The molecule has 0 aromatic heterocycles. The maximum absolute atomic E-state index is 10.5. The summed E-state index contributed by atoms with van der Waals surface area (Å²) in [6, 6.07) is 8.62. The third-order valence-electron chi connectivity index (χ3n) is 3.47. The van der Waals surface area contributed by atoms with Crippen LogP contribution in [-0.4, -0.2) is 17.7 Å².